The third-order valence-electron chi connectivity index (χ3n) is 4.92. The zero-order chi connectivity index (χ0) is 20.0. The van der Waals surface area contributed by atoms with Gasteiger partial charge in [-0.15, -0.1) is 0 Å². The largest absolute Gasteiger partial charge is 0.467 e. The van der Waals surface area contributed by atoms with Crippen molar-refractivity contribution in [2.75, 3.05) is 26.9 Å². The Balaban J connectivity index is 1.55. The van der Waals surface area contributed by atoms with Crippen molar-refractivity contribution in [3.8, 4) is 5.75 Å². The molecule has 0 bridgehead atoms. The lowest BCUT2D eigenvalue weighted by Gasteiger charge is -2.27. The Morgan fingerprint density at radius 1 is 1.18 bits per heavy atom. The minimum absolute atomic E-state index is 0.0334. The van der Waals surface area contributed by atoms with Gasteiger partial charge in [0, 0.05) is 31.1 Å². The van der Waals surface area contributed by atoms with Crippen LogP contribution in [0.1, 0.15) is 30.5 Å². The van der Waals surface area contributed by atoms with Crippen molar-refractivity contribution >= 4 is 5.96 Å². The lowest BCUT2D eigenvalue weighted by molar-refractivity contribution is -0.0172. The van der Waals surface area contributed by atoms with Crippen molar-refractivity contribution < 1.29 is 13.9 Å². The number of benzene rings is 2. The number of hydrogen-bond acceptors (Lipinski definition) is 3. The predicted molar refractivity (Wildman–Crippen MR) is 109 cm³/mol. The number of aliphatic imine (C=N–C) groups is 1. The fourth-order valence-electron chi connectivity index (χ4n) is 3.27. The van der Waals surface area contributed by atoms with E-state index in [4.69, 9.17) is 9.47 Å². The fraction of sp³-hybridized carbons (Fsp3) is 0.409. The summed E-state index contributed by atoms with van der Waals surface area (Å²) in [4.78, 5) is 4.29. The summed E-state index contributed by atoms with van der Waals surface area (Å²) < 4.78 is 24.7. The minimum atomic E-state index is -0.269. The second-order valence-electron chi connectivity index (χ2n) is 7.52. The molecule has 2 aromatic carbocycles. The maximum atomic E-state index is 13.9. The van der Waals surface area contributed by atoms with Gasteiger partial charge >= 0.3 is 0 Å². The molecule has 0 unspecified atom stereocenters. The van der Waals surface area contributed by atoms with Crippen molar-refractivity contribution in [1.29, 1.82) is 0 Å². The van der Waals surface area contributed by atoms with Crippen LogP contribution < -0.4 is 15.4 Å². The van der Waals surface area contributed by atoms with Crippen molar-refractivity contribution in [2.24, 2.45) is 4.99 Å². The summed E-state index contributed by atoms with van der Waals surface area (Å²) in [5, 5.41) is 6.68. The molecule has 150 valence electrons. The Morgan fingerprint density at radius 3 is 2.71 bits per heavy atom. The highest BCUT2D eigenvalue weighted by Gasteiger charge is 2.21. The Kier molecular flexibility index (Phi) is 6.52. The summed E-state index contributed by atoms with van der Waals surface area (Å²) in [6.07, 6.45) is 0.628. The van der Waals surface area contributed by atoms with Crippen molar-refractivity contribution in [3.63, 3.8) is 0 Å². The SMILES string of the molecule is CN=C(NCCc1cc(F)cc2c1OCOC2)NCC(C)(C)c1ccccc1. The summed E-state index contributed by atoms with van der Waals surface area (Å²) in [6, 6.07) is 13.4. The van der Waals surface area contributed by atoms with Gasteiger partial charge in [-0.3, -0.25) is 4.99 Å². The number of nitrogens with one attached hydrogen (secondary N) is 2. The average Bonchev–Trinajstić information content (AvgIpc) is 2.71. The van der Waals surface area contributed by atoms with Crippen LogP contribution in [0.25, 0.3) is 0 Å². The molecule has 3 rings (SSSR count). The molecule has 6 heteroatoms. The van der Waals surface area contributed by atoms with Crippen LogP contribution in [0.5, 0.6) is 5.75 Å². The molecule has 0 aromatic heterocycles. The van der Waals surface area contributed by atoms with E-state index in [0.29, 0.717) is 19.6 Å². The molecule has 2 N–H and O–H groups in total. The summed E-state index contributed by atoms with van der Waals surface area (Å²) in [5.74, 6) is 1.19. The standard InChI is InChI=1S/C22H28FN3O2/c1-22(2,18-7-5-4-6-8-18)14-26-21(24-3)25-10-9-16-11-19(23)12-17-13-27-15-28-20(16)17/h4-8,11-12H,9-10,13-15H2,1-3H3,(H2,24,25,26). The Hall–Kier alpha value is -2.60. The van der Waals surface area contributed by atoms with Gasteiger partial charge in [0.2, 0.25) is 0 Å². The topological polar surface area (TPSA) is 54.9 Å². The van der Waals surface area contributed by atoms with Gasteiger partial charge in [0.25, 0.3) is 0 Å². The van der Waals surface area contributed by atoms with Crippen molar-refractivity contribution in [3.05, 3.63) is 65.0 Å². The lowest BCUT2D eigenvalue weighted by atomic mass is 9.85. The van der Waals surface area contributed by atoms with Crippen LogP contribution in [0.2, 0.25) is 0 Å². The minimum Gasteiger partial charge on any atom is -0.467 e. The number of hydrogen-bond donors (Lipinski definition) is 2. The molecular weight excluding hydrogens is 357 g/mol. The zero-order valence-corrected chi connectivity index (χ0v) is 16.7. The van der Waals surface area contributed by atoms with E-state index in [9.17, 15) is 4.39 Å². The molecule has 1 heterocycles. The van der Waals surface area contributed by atoms with E-state index in [1.807, 2.05) is 6.07 Å². The molecule has 28 heavy (non-hydrogen) atoms. The van der Waals surface area contributed by atoms with Gasteiger partial charge in [-0.2, -0.15) is 0 Å². The Labute approximate surface area is 166 Å². The summed E-state index contributed by atoms with van der Waals surface area (Å²) in [5.41, 5.74) is 2.83. The Morgan fingerprint density at radius 2 is 1.96 bits per heavy atom. The highest BCUT2D eigenvalue weighted by atomic mass is 19.1. The summed E-state index contributed by atoms with van der Waals surface area (Å²) in [7, 11) is 1.75. The van der Waals surface area contributed by atoms with E-state index in [2.05, 4.69) is 53.7 Å². The maximum absolute atomic E-state index is 13.9. The van der Waals surface area contributed by atoms with E-state index < -0.39 is 0 Å². The highest BCUT2D eigenvalue weighted by Crippen LogP contribution is 2.29. The first-order chi connectivity index (χ1) is 13.5. The van der Waals surface area contributed by atoms with Crippen LogP contribution in [0.4, 0.5) is 4.39 Å². The fourth-order valence-corrected chi connectivity index (χ4v) is 3.27. The van der Waals surface area contributed by atoms with Gasteiger partial charge in [-0.05, 0) is 29.7 Å². The van der Waals surface area contributed by atoms with Gasteiger partial charge in [0.05, 0.1) is 6.61 Å². The van der Waals surface area contributed by atoms with Gasteiger partial charge in [0.1, 0.15) is 11.6 Å². The highest BCUT2D eigenvalue weighted by molar-refractivity contribution is 5.79. The third-order valence-corrected chi connectivity index (χ3v) is 4.92. The van der Waals surface area contributed by atoms with Crippen LogP contribution in [0.3, 0.4) is 0 Å². The van der Waals surface area contributed by atoms with E-state index in [0.717, 1.165) is 29.4 Å². The van der Waals surface area contributed by atoms with E-state index in [1.54, 1.807) is 7.05 Å². The number of guanidine groups is 1. The molecule has 0 saturated carbocycles. The molecule has 0 amide bonds. The number of nitrogens with zero attached hydrogens (tertiary/aromatic N) is 1. The Bertz CT molecular complexity index is 822. The lowest BCUT2D eigenvalue weighted by Crippen LogP contribution is -2.44. The molecule has 0 fully saturated rings. The molecule has 2 aromatic rings. The normalized spacial score (nSPS) is 14.2. The number of halogens is 1. The molecule has 1 aliphatic rings. The summed E-state index contributed by atoms with van der Waals surface area (Å²) >= 11 is 0. The first kappa shape index (κ1) is 20.1. The number of rotatable bonds is 6. The first-order valence-corrected chi connectivity index (χ1v) is 9.51. The van der Waals surface area contributed by atoms with Gasteiger partial charge < -0.3 is 20.1 Å². The van der Waals surface area contributed by atoms with E-state index in [-0.39, 0.29) is 18.0 Å². The molecule has 0 atom stereocenters. The molecule has 1 aliphatic heterocycles. The van der Waals surface area contributed by atoms with Gasteiger partial charge in [-0.25, -0.2) is 4.39 Å². The predicted octanol–water partition coefficient (Wildman–Crippen LogP) is 3.38. The third kappa shape index (κ3) is 5.01. The molecule has 5 nitrogen and oxygen atoms in total. The zero-order valence-electron chi connectivity index (χ0n) is 16.7. The molecule has 0 saturated heterocycles. The number of ether oxygens (including phenoxy) is 2. The molecule has 0 aliphatic carbocycles. The van der Waals surface area contributed by atoms with Crippen LogP contribution in [-0.4, -0.2) is 32.9 Å². The monoisotopic (exact) mass is 385 g/mol. The number of fused-ring (bicyclic) bond motifs is 1. The van der Waals surface area contributed by atoms with Gasteiger partial charge in [0.15, 0.2) is 12.8 Å². The first-order valence-electron chi connectivity index (χ1n) is 9.51. The van der Waals surface area contributed by atoms with E-state index in [1.165, 1.54) is 17.7 Å². The smallest absolute Gasteiger partial charge is 0.191 e. The second kappa shape index (κ2) is 9.06. The molecular formula is C22H28FN3O2. The van der Waals surface area contributed by atoms with Crippen molar-refractivity contribution in [1.82, 2.24) is 10.6 Å². The molecule has 0 spiro atoms. The van der Waals surface area contributed by atoms with Crippen LogP contribution in [0.15, 0.2) is 47.5 Å². The van der Waals surface area contributed by atoms with Crippen molar-refractivity contribution in [2.45, 2.75) is 32.3 Å². The average molecular weight is 385 g/mol. The van der Waals surface area contributed by atoms with Crippen LogP contribution in [0, 0.1) is 5.82 Å². The van der Waals surface area contributed by atoms with Crippen LogP contribution in [-0.2, 0) is 23.2 Å². The van der Waals surface area contributed by atoms with Gasteiger partial charge in [-0.1, -0.05) is 44.2 Å². The molecule has 0 radical (unpaired) electrons. The maximum Gasteiger partial charge on any atom is 0.191 e. The second-order valence-corrected chi connectivity index (χ2v) is 7.52. The van der Waals surface area contributed by atoms with E-state index >= 15 is 0 Å². The quantitative estimate of drug-likeness (QED) is 0.591. The van der Waals surface area contributed by atoms with Crippen LogP contribution >= 0.6 is 0 Å². The summed E-state index contributed by atoms with van der Waals surface area (Å²) in [6.45, 7) is 6.34.